The van der Waals surface area contributed by atoms with E-state index in [4.69, 9.17) is 4.74 Å². The Bertz CT molecular complexity index is 253. The molecule has 1 saturated heterocycles. The van der Waals surface area contributed by atoms with E-state index in [1.807, 2.05) is 0 Å². The number of rotatable bonds is 5. The number of piperidine rings is 1. The Morgan fingerprint density at radius 3 is 2.47 bits per heavy atom. The summed E-state index contributed by atoms with van der Waals surface area (Å²) in [7, 11) is 1.67. The molecule has 0 aromatic rings. The van der Waals surface area contributed by atoms with Gasteiger partial charge in [-0.25, -0.2) is 0 Å². The summed E-state index contributed by atoms with van der Waals surface area (Å²) in [6.45, 7) is 8.51. The van der Waals surface area contributed by atoms with E-state index in [0.717, 1.165) is 32.4 Å². The lowest BCUT2D eigenvalue weighted by molar-refractivity contribution is -0.138. The topological polar surface area (TPSA) is 50.4 Å². The normalized spacial score (nSPS) is 20.0. The number of hydrogen-bond donors (Lipinski definition) is 2. The van der Waals surface area contributed by atoms with Gasteiger partial charge in [-0.15, -0.1) is 0 Å². The first kappa shape index (κ1) is 14.5. The Labute approximate surface area is 104 Å². The van der Waals surface area contributed by atoms with Gasteiger partial charge in [0.1, 0.15) is 0 Å². The molecule has 0 aliphatic carbocycles. The van der Waals surface area contributed by atoms with Gasteiger partial charge < -0.3 is 15.4 Å². The molecule has 0 radical (unpaired) electrons. The monoisotopic (exact) mass is 242 g/mol. The first-order valence-corrected chi connectivity index (χ1v) is 6.48. The van der Waals surface area contributed by atoms with Gasteiger partial charge in [-0.3, -0.25) is 4.79 Å². The van der Waals surface area contributed by atoms with E-state index < -0.39 is 0 Å². The molecule has 2 N–H and O–H groups in total. The molecule has 1 heterocycles. The maximum absolute atomic E-state index is 12.5. The second-order valence-electron chi connectivity index (χ2n) is 5.65. The van der Waals surface area contributed by atoms with Crippen LogP contribution in [0, 0.1) is 5.41 Å². The lowest BCUT2D eigenvalue weighted by Gasteiger charge is -2.38. The number of hydrogen-bond acceptors (Lipinski definition) is 3. The molecular weight excluding hydrogens is 216 g/mol. The number of nitrogens with one attached hydrogen (secondary N) is 2. The molecule has 1 aliphatic rings. The fourth-order valence-corrected chi connectivity index (χ4v) is 2.15. The van der Waals surface area contributed by atoms with Crippen molar-refractivity contribution in [1.29, 1.82) is 0 Å². The second-order valence-corrected chi connectivity index (χ2v) is 5.65. The highest BCUT2D eigenvalue weighted by Gasteiger charge is 2.41. The molecule has 0 aromatic carbocycles. The van der Waals surface area contributed by atoms with Gasteiger partial charge >= 0.3 is 0 Å². The molecule has 1 amide bonds. The summed E-state index contributed by atoms with van der Waals surface area (Å²) < 4.78 is 5.27. The highest BCUT2D eigenvalue weighted by molar-refractivity contribution is 5.83. The summed E-state index contributed by atoms with van der Waals surface area (Å²) in [5, 5.41) is 6.45. The average molecular weight is 242 g/mol. The van der Waals surface area contributed by atoms with Crippen LogP contribution in [0.1, 0.15) is 40.0 Å². The van der Waals surface area contributed by atoms with Crippen LogP contribution in [0.25, 0.3) is 0 Å². The molecule has 17 heavy (non-hydrogen) atoms. The Morgan fingerprint density at radius 2 is 2.00 bits per heavy atom. The highest BCUT2D eigenvalue weighted by Crippen LogP contribution is 2.30. The van der Waals surface area contributed by atoms with Crippen LogP contribution in [-0.2, 0) is 9.53 Å². The van der Waals surface area contributed by atoms with Crippen LogP contribution in [0.5, 0.6) is 0 Å². The number of carbonyl (C=O) groups excluding carboxylic acids is 1. The third-order valence-electron chi connectivity index (χ3n) is 3.80. The van der Waals surface area contributed by atoms with Crippen molar-refractivity contribution in [2.45, 2.75) is 45.6 Å². The Morgan fingerprint density at radius 1 is 1.41 bits per heavy atom. The summed E-state index contributed by atoms with van der Waals surface area (Å²) in [5.74, 6) is 0.146. The maximum Gasteiger partial charge on any atom is 0.229 e. The minimum absolute atomic E-state index is 0.136. The average Bonchev–Trinajstić information content (AvgIpc) is 2.30. The minimum Gasteiger partial charge on any atom is -0.384 e. The summed E-state index contributed by atoms with van der Waals surface area (Å²) in [6.07, 6.45) is 2.64. The van der Waals surface area contributed by atoms with E-state index in [-0.39, 0.29) is 16.9 Å². The zero-order valence-electron chi connectivity index (χ0n) is 11.6. The quantitative estimate of drug-likeness (QED) is 0.764. The lowest BCUT2D eigenvalue weighted by Crippen LogP contribution is -2.55. The molecule has 0 aromatic heterocycles. The predicted molar refractivity (Wildman–Crippen MR) is 68.9 cm³/mol. The third kappa shape index (κ3) is 3.68. The fraction of sp³-hybridized carbons (Fsp3) is 0.923. The van der Waals surface area contributed by atoms with E-state index in [1.54, 1.807) is 7.11 Å². The molecule has 1 rings (SSSR count). The molecule has 4 heteroatoms. The van der Waals surface area contributed by atoms with E-state index in [2.05, 4.69) is 31.4 Å². The third-order valence-corrected chi connectivity index (χ3v) is 3.80. The number of amides is 1. The van der Waals surface area contributed by atoms with Crippen LogP contribution in [-0.4, -0.2) is 38.3 Å². The molecule has 0 atom stereocenters. The van der Waals surface area contributed by atoms with Crippen LogP contribution in [0.15, 0.2) is 0 Å². The first-order chi connectivity index (χ1) is 7.96. The van der Waals surface area contributed by atoms with Crippen molar-refractivity contribution in [1.82, 2.24) is 10.6 Å². The smallest absolute Gasteiger partial charge is 0.229 e. The van der Waals surface area contributed by atoms with Gasteiger partial charge in [-0.1, -0.05) is 6.92 Å². The van der Waals surface area contributed by atoms with Gasteiger partial charge in [-0.2, -0.15) is 0 Å². The van der Waals surface area contributed by atoms with Gasteiger partial charge in [0.2, 0.25) is 5.91 Å². The van der Waals surface area contributed by atoms with E-state index in [1.165, 1.54) is 0 Å². The lowest BCUT2D eigenvalue weighted by atomic mass is 9.78. The Kier molecular flexibility index (Phi) is 4.95. The van der Waals surface area contributed by atoms with Crippen molar-refractivity contribution >= 4 is 5.91 Å². The summed E-state index contributed by atoms with van der Waals surface area (Å²) in [6, 6.07) is 0. The van der Waals surface area contributed by atoms with Crippen LogP contribution in [0.4, 0.5) is 0 Å². The SMILES string of the molecule is CCC(C)(C)NC(=O)C1(COC)CCNCC1. The van der Waals surface area contributed by atoms with Crippen molar-refractivity contribution in [3.8, 4) is 0 Å². The highest BCUT2D eigenvalue weighted by atomic mass is 16.5. The van der Waals surface area contributed by atoms with Crippen molar-refractivity contribution in [3.63, 3.8) is 0 Å². The first-order valence-electron chi connectivity index (χ1n) is 6.48. The van der Waals surface area contributed by atoms with E-state index in [0.29, 0.717) is 6.61 Å². The summed E-state index contributed by atoms with van der Waals surface area (Å²) in [5.41, 5.74) is -0.477. The molecular formula is C13H26N2O2. The van der Waals surface area contributed by atoms with Crippen LogP contribution >= 0.6 is 0 Å². The zero-order chi connectivity index (χ0) is 12.9. The molecule has 0 bridgehead atoms. The predicted octanol–water partition coefficient (Wildman–Crippen LogP) is 1.31. The van der Waals surface area contributed by atoms with Crippen molar-refractivity contribution in [3.05, 3.63) is 0 Å². The van der Waals surface area contributed by atoms with Crippen LogP contribution in [0.3, 0.4) is 0 Å². The largest absolute Gasteiger partial charge is 0.384 e. The molecule has 1 fully saturated rings. The standard InChI is InChI=1S/C13H26N2O2/c1-5-12(2,3)15-11(16)13(10-17-4)6-8-14-9-7-13/h14H,5-10H2,1-4H3,(H,15,16). The molecule has 1 aliphatic heterocycles. The molecule has 4 nitrogen and oxygen atoms in total. The van der Waals surface area contributed by atoms with Crippen molar-refractivity contribution in [2.24, 2.45) is 5.41 Å². The molecule has 100 valence electrons. The van der Waals surface area contributed by atoms with Crippen molar-refractivity contribution < 1.29 is 9.53 Å². The van der Waals surface area contributed by atoms with Crippen molar-refractivity contribution in [2.75, 3.05) is 26.8 Å². The zero-order valence-corrected chi connectivity index (χ0v) is 11.6. The number of ether oxygens (including phenoxy) is 1. The van der Waals surface area contributed by atoms with Crippen LogP contribution < -0.4 is 10.6 Å². The van der Waals surface area contributed by atoms with Gasteiger partial charge in [0.15, 0.2) is 0 Å². The van der Waals surface area contributed by atoms with E-state index >= 15 is 0 Å². The van der Waals surface area contributed by atoms with Gasteiger partial charge in [-0.05, 0) is 46.2 Å². The molecule has 0 saturated carbocycles. The maximum atomic E-state index is 12.5. The summed E-state index contributed by atoms with van der Waals surface area (Å²) >= 11 is 0. The fourth-order valence-electron chi connectivity index (χ4n) is 2.15. The van der Waals surface area contributed by atoms with Crippen LogP contribution in [0.2, 0.25) is 0 Å². The minimum atomic E-state index is -0.341. The Hall–Kier alpha value is -0.610. The second kappa shape index (κ2) is 5.83. The number of methoxy groups -OCH3 is 1. The van der Waals surface area contributed by atoms with E-state index in [9.17, 15) is 4.79 Å². The van der Waals surface area contributed by atoms with Gasteiger partial charge in [0.25, 0.3) is 0 Å². The number of carbonyl (C=O) groups is 1. The molecule has 0 unspecified atom stereocenters. The van der Waals surface area contributed by atoms with Gasteiger partial charge in [0, 0.05) is 12.6 Å². The summed E-state index contributed by atoms with van der Waals surface area (Å²) in [4.78, 5) is 12.5. The Balaban J connectivity index is 2.73. The molecule has 0 spiro atoms. The van der Waals surface area contributed by atoms with Gasteiger partial charge in [0.05, 0.1) is 12.0 Å².